The van der Waals surface area contributed by atoms with E-state index in [0.29, 0.717) is 11.1 Å². The van der Waals surface area contributed by atoms with Crippen LogP contribution in [0, 0.1) is 23.7 Å². The number of aliphatic hydroxyl groups is 1. The second kappa shape index (κ2) is 6.67. The van der Waals surface area contributed by atoms with E-state index in [2.05, 4.69) is 4.98 Å². The summed E-state index contributed by atoms with van der Waals surface area (Å²) in [5.74, 6) is -10.2. The Hall–Kier alpha value is -3.66. The maximum absolute atomic E-state index is 13.4. The van der Waals surface area contributed by atoms with Crippen molar-refractivity contribution in [1.82, 2.24) is 4.98 Å². The van der Waals surface area contributed by atoms with Crippen LogP contribution in [0.4, 0.5) is 0 Å². The summed E-state index contributed by atoms with van der Waals surface area (Å²) in [5, 5.41) is 21.6. The molecular formula is C22H18N2O8. The zero-order valence-corrected chi connectivity index (χ0v) is 16.6. The number of ketones is 4. The number of benzene rings is 1. The van der Waals surface area contributed by atoms with E-state index in [9.17, 15) is 34.2 Å². The van der Waals surface area contributed by atoms with Crippen LogP contribution in [0.2, 0.25) is 0 Å². The summed E-state index contributed by atoms with van der Waals surface area (Å²) < 4.78 is 5.34. The minimum atomic E-state index is -2.66. The van der Waals surface area contributed by atoms with Gasteiger partial charge in [-0.2, -0.15) is 0 Å². The predicted molar refractivity (Wildman–Crippen MR) is 104 cm³/mol. The Morgan fingerprint density at radius 1 is 1.16 bits per heavy atom. The molecule has 0 bridgehead atoms. The standard InChI is InChI=1S/C22H18N2O8/c23-20(30)16-13(26)7-9-5-8-6-11-10(21-24-3-4-32-21)1-2-12(25)15(11)17(27)14(8)18(28)22(9,31)19(16)29/h1-4,8-9,14,16,25,31H,5-7H2,(H2,23,30)/t8-,9+,14?,16?,22+/m1/s1. The number of oxazole rings is 1. The number of nitrogens with two attached hydrogens (primary N) is 1. The number of hydrogen-bond donors (Lipinski definition) is 3. The summed E-state index contributed by atoms with van der Waals surface area (Å²) in [7, 11) is 0. The maximum Gasteiger partial charge on any atom is 0.235 e. The lowest BCUT2D eigenvalue weighted by Crippen LogP contribution is -2.68. The molecule has 0 spiro atoms. The molecule has 5 rings (SSSR count). The van der Waals surface area contributed by atoms with Crippen LogP contribution < -0.4 is 5.73 Å². The van der Waals surface area contributed by atoms with Crippen LogP contribution in [0.5, 0.6) is 5.75 Å². The molecule has 164 valence electrons. The van der Waals surface area contributed by atoms with Gasteiger partial charge in [0.05, 0.1) is 17.7 Å². The van der Waals surface area contributed by atoms with E-state index >= 15 is 0 Å². The number of carbonyl (C=O) groups excluding carboxylic acids is 5. The third kappa shape index (κ3) is 2.49. The number of amides is 1. The van der Waals surface area contributed by atoms with Gasteiger partial charge in [0.25, 0.3) is 0 Å². The number of hydrogen-bond acceptors (Lipinski definition) is 9. The van der Waals surface area contributed by atoms with E-state index in [1.807, 2.05) is 0 Å². The predicted octanol–water partition coefficient (Wildman–Crippen LogP) is -0.0181. The number of nitrogens with zero attached hydrogens (tertiary/aromatic N) is 1. The lowest BCUT2D eigenvalue weighted by molar-refractivity contribution is -0.175. The fourth-order valence-electron chi connectivity index (χ4n) is 5.52. The number of fused-ring (bicyclic) bond motifs is 3. The van der Waals surface area contributed by atoms with Gasteiger partial charge in [-0.25, -0.2) is 4.98 Å². The largest absolute Gasteiger partial charge is 0.507 e. The number of aromatic nitrogens is 1. The number of aromatic hydroxyl groups is 1. The van der Waals surface area contributed by atoms with Gasteiger partial charge in [-0.15, -0.1) is 0 Å². The number of primary amides is 1. The van der Waals surface area contributed by atoms with Crippen LogP contribution >= 0.6 is 0 Å². The van der Waals surface area contributed by atoms with Crippen LogP contribution in [0.3, 0.4) is 0 Å². The van der Waals surface area contributed by atoms with E-state index in [1.165, 1.54) is 18.5 Å². The molecule has 10 heteroatoms. The van der Waals surface area contributed by atoms with Crippen molar-refractivity contribution in [3.05, 3.63) is 35.7 Å². The van der Waals surface area contributed by atoms with E-state index in [4.69, 9.17) is 10.2 Å². The average molecular weight is 438 g/mol. The lowest BCUT2D eigenvalue weighted by Gasteiger charge is -2.48. The van der Waals surface area contributed by atoms with Crippen molar-refractivity contribution < 1.29 is 38.6 Å². The SMILES string of the molecule is NC(=O)C1C(=O)C[C@@H]2C[C@@H]3Cc4c(-c5ncco5)ccc(O)c4C(=O)C3C(=O)[C@]2(O)C1=O. The van der Waals surface area contributed by atoms with Crippen molar-refractivity contribution in [3.8, 4) is 17.2 Å². The van der Waals surface area contributed by atoms with Gasteiger partial charge in [0, 0.05) is 17.9 Å². The molecule has 0 radical (unpaired) electrons. The number of rotatable bonds is 2. The highest BCUT2D eigenvalue weighted by atomic mass is 16.3. The normalized spacial score (nSPS) is 31.7. The molecule has 1 heterocycles. The number of phenolic OH excluding ortho intramolecular Hbond substituents is 1. The Balaban J connectivity index is 1.62. The first kappa shape index (κ1) is 20.3. The van der Waals surface area contributed by atoms with Gasteiger partial charge in [-0.1, -0.05) is 0 Å². The molecule has 0 saturated heterocycles. The molecule has 10 nitrogen and oxygen atoms in total. The molecule has 1 amide bonds. The highest BCUT2D eigenvalue weighted by molar-refractivity contribution is 6.31. The Morgan fingerprint density at radius 3 is 2.56 bits per heavy atom. The van der Waals surface area contributed by atoms with E-state index in [1.54, 1.807) is 6.07 Å². The highest BCUT2D eigenvalue weighted by Crippen LogP contribution is 2.50. The first-order valence-electron chi connectivity index (χ1n) is 10.1. The third-order valence-corrected chi connectivity index (χ3v) is 6.95. The Morgan fingerprint density at radius 2 is 1.91 bits per heavy atom. The Labute approximate surface area is 180 Å². The fraction of sp³-hybridized carbons (Fsp3) is 0.364. The molecular weight excluding hydrogens is 420 g/mol. The van der Waals surface area contributed by atoms with Gasteiger partial charge in [0.1, 0.15) is 12.0 Å². The average Bonchev–Trinajstić information content (AvgIpc) is 3.25. The first-order valence-corrected chi connectivity index (χ1v) is 10.1. The summed E-state index contributed by atoms with van der Waals surface area (Å²) in [4.78, 5) is 67.7. The first-order chi connectivity index (χ1) is 15.2. The molecule has 1 aromatic heterocycles. The smallest absolute Gasteiger partial charge is 0.235 e. The van der Waals surface area contributed by atoms with E-state index < -0.39 is 58.3 Å². The van der Waals surface area contributed by atoms with Crippen molar-refractivity contribution in [2.75, 3.05) is 0 Å². The van der Waals surface area contributed by atoms with Crippen LogP contribution in [-0.4, -0.2) is 49.8 Å². The molecule has 3 aliphatic carbocycles. The molecule has 1 aromatic carbocycles. The van der Waals surface area contributed by atoms with Crippen LogP contribution in [-0.2, 0) is 25.6 Å². The Bertz CT molecular complexity index is 1220. The topological polar surface area (TPSA) is 178 Å². The van der Waals surface area contributed by atoms with Gasteiger partial charge < -0.3 is 20.4 Å². The maximum atomic E-state index is 13.4. The van der Waals surface area contributed by atoms with Crippen LogP contribution in [0.1, 0.15) is 28.8 Å². The van der Waals surface area contributed by atoms with E-state index in [-0.39, 0.29) is 36.5 Å². The number of Topliss-reactive ketones (excluding diaryl/α,β-unsaturated/α-hetero) is 4. The van der Waals surface area contributed by atoms with Crippen molar-refractivity contribution in [1.29, 1.82) is 0 Å². The van der Waals surface area contributed by atoms with Gasteiger partial charge in [-0.05, 0) is 36.5 Å². The summed E-state index contributed by atoms with van der Waals surface area (Å²) in [6.45, 7) is 0. The Kier molecular flexibility index (Phi) is 4.22. The van der Waals surface area contributed by atoms with Gasteiger partial charge in [-0.3, -0.25) is 24.0 Å². The van der Waals surface area contributed by atoms with Crippen molar-refractivity contribution in [2.45, 2.75) is 24.9 Å². The molecule has 2 saturated carbocycles. The zero-order valence-electron chi connectivity index (χ0n) is 16.6. The zero-order chi connectivity index (χ0) is 22.9. The second-order valence-electron chi connectivity index (χ2n) is 8.56. The number of phenols is 1. The third-order valence-electron chi connectivity index (χ3n) is 6.95. The van der Waals surface area contributed by atoms with Crippen LogP contribution in [0.25, 0.3) is 11.5 Å². The summed E-state index contributed by atoms with van der Waals surface area (Å²) in [6, 6.07) is 2.84. The van der Waals surface area contributed by atoms with Crippen molar-refractivity contribution >= 4 is 29.0 Å². The molecule has 5 atom stereocenters. The van der Waals surface area contributed by atoms with Gasteiger partial charge in [0.2, 0.25) is 11.8 Å². The molecule has 2 aromatic rings. The molecule has 3 aliphatic rings. The molecule has 2 fully saturated rings. The molecule has 2 unspecified atom stereocenters. The summed E-state index contributed by atoms with van der Waals surface area (Å²) >= 11 is 0. The molecule has 4 N–H and O–H groups in total. The summed E-state index contributed by atoms with van der Waals surface area (Å²) in [6.07, 6.45) is 2.61. The van der Waals surface area contributed by atoms with Crippen molar-refractivity contribution in [3.63, 3.8) is 0 Å². The minimum Gasteiger partial charge on any atom is -0.507 e. The quantitative estimate of drug-likeness (QED) is 0.544. The second-order valence-corrected chi connectivity index (χ2v) is 8.56. The lowest BCUT2D eigenvalue weighted by atomic mass is 9.53. The fourth-order valence-corrected chi connectivity index (χ4v) is 5.52. The number of carbonyl (C=O) groups is 5. The highest BCUT2D eigenvalue weighted by Gasteiger charge is 2.66. The van der Waals surface area contributed by atoms with Gasteiger partial charge in [0.15, 0.2) is 34.7 Å². The monoisotopic (exact) mass is 438 g/mol. The van der Waals surface area contributed by atoms with Crippen molar-refractivity contribution in [2.24, 2.45) is 29.4 Å². The molecule has 32 heavy (non-hydrogen) atoms. The summed E-state index contributed by atoms with van der Waals surface area (Å²) in [5.41, 5.74) is 3.34. The van der Waals surface area contributed by atoms with Crippen LogP contribution in [0.15, 0.2) is 29.0 Å². The minimum absolute atomic E-state index is 0.0295. The van der Waals surface area contributed by atoms with E-state index in [0.717, 1.165) is 0 Å². The van der Waals surface area contributed by atoms with Gasteiger partial charge >= 0.3 is 0 Å². The molecule has 0 aliphatic heterocycles.